The Balaban J connectivity index is 2.31. The standard InChI is InChI=1S/C14H9ClN2S/c1-2-13-8-11(14(15)18-13)4-3-10-5-6-17-12(7-10)9-16/h5-8H,2H2,1H3. The number of hydrogen-bond acceptors (Lipinski definition) is 3. The molecule has 0 fully saturated rings. The highest BCUT2D eigenvalue weighted by Crippen LogP contribution is 2.27. The van der Waals surface area contributed by atoms with Crippen LogP contribution in [0.3, 0.4) is 0 Å². The van der Waals surface area contributed by atoms with Crippen LogP contribution in [0.1, 0.15) is 28.6 Å². The molecule has 0 radical (unpaired) electrons. The zero-order valence-corrected chi connectivity index (χ0v) is 11.3. The van der Waals surface area contributed by atoms with E-state index in [0.717, 1.165) is 17.5 Å². The normalized spacial score (nSPS) is 9.39. The average molecular weight is 273 g/mol. The Kier molecular flexibility index (Phi) is 3.99. The number of aromatic nitrogens is 1. The van der Waals surface area contributed by atoms with Crippen LogP contribution in [0.15, 0.2) is 24.4 Å². The van der Waals surface area contributed by atoms with Crippen molar-refractivity contribution in [2.24, 2.45) is 0 Å². The molecule has 0 N–H and O–H groups in total. The van der Waals surface area contributed by atoms with Crippen molar-refractivity contribution >= 4 is 22.9 Å². The molecule has 2 heterocycles. The summed E-state index contributed by atoms with van der Waals surface area (Å²) in [4.78, 5) is 5.11. The second-order valence-corrected chi connectivity index (χ2v) is 5.28. The maximum atomic E-state index is 8.75. The van der Waals surface area contributed by atoms with E-state index in [4.69, 9.17) is 16.9 Å². The van der Waals surface area contributed by atoms with Crippen LogP contribution in [0.5, 0.6) is 0 Å². The second-order valence-electron chi connectivity index (χ2n) is 3.55. The molecule has 0 unspecified atom stereocenters. The summed E-state index contributed by atoms with van der Waals surface area (Å²) in [5.74, 6) is 6.02. The van der Waals surface area contributed by atoms with Gasteiger partial charge < -0.3 is 0 Å². The maximum absolute atomic E-state index is 8.75. The molecule has 0 saturated carbocycles. The highest BCUT2D eigenvalue weighted by molar-refractivity contribution is 7.16. The topological polar surface area (TPSA) is 36.7 Å². The van der Waals surface area contributed by atoms with Gasteiger partial charge in [-0.3, -0.25) is 0 Å². The fourth-order valence-corrected chi connectivity index (χ4v) is 2.56. The molecule has 0 bridgehead atoms. The smallest absolute Gasteiger partial charge is 0.141 e. The first-order valence-corrected chi connectivity index (χ1v) is 6.58. The van der Waals surface area contributed by atoms with Crippen LogP contribution < -0.4 is 0 Å². The number of hydrogen-bond donors (Lipinski definition) is 0. The molecular weight excluding hydrogens is 264 g/mol. The predicted octanol–water partition coefficient (Wildman–Crippen LogP) is 3.63. The van der Waals surface area contributed by atoms with Gasteiger partial charge in [-0.05, 0) is 24.6 Å². The molecule has 2 aromatic rings. The molecule has 0 aromatic carbocycles. The van der Waals surface area contributed by atoms with Gasteiger partial charge in [-0.2, -0.15) is 5.26 Å². The number of thiophene rings is 1. The van der Waals surface area contributed by atoms with Crippen LogP contribution in [0.25, 0.3) is 0 Å². The molecule has 4 heteroatoms. The molecule has 88 valence electrons. The summed E-state index contributed by atoms with van der Waals surface area (Å²) in [6.45, 7) is 2.08. The number of pyridine rings is 1. The maximum Gasteiger partial charge on any atom is 0.141 e. The predicted molar refractivity (Wildman–Crippen MR) is 73.6 cm³/mol. The Morgan fingerprint density at radius 3 is 2.89 bits per heavy atom. The summed E-state index contributed by atoms with van der Waals surface area (Å²) >= 11 is 7.66. The first-order chi connectivity index (χ1) is 8.72. The van der Waals surface area contributed by atoms with Crippen molar-refractivity contribution in [2.45, 2.75) is 13.3 Å². The van der Waals surface area contributed by atoms with Gasteiger partial charge in [-0.1, -0.05) is 30.4 Å². The molecule has 0 aliphatic carbocycles. The van der Waals surface area contributed by atoms with E-state index in [2.05, 4.69) is 23.7 Å². The first-order valence-electron chi connectivity index (χ1n) is 5.39. The minimum absolute atomic E-state index is 0.368. The van der Waals surface area contributed by atoms with E-state index in [-0.39, 0.29) is 0 Å². The quantitative estimate of drug-likeness (QED) is 0.744. The largest absolute Gasteiger partial charge is 0.245 e. The Bertz CT molecular complexity index is 671. The lowest BCUT2D eigenvalue weighted by Gasteiger charge is -1.89. The molecule has 0 amide bonds. The highest BCUT2D eigenvalue weighted by Gasteiger charge is 2.03. The number of halogens is 1. The lowest BCUT2D eigenvalue weighted by atomic mass is 10.2. The second kappa shape index (κ2) is 5.69. The molecule has 2 rings (SSSR count). The van der Waals surface area contributed by atoms with Gasteiger partial charge in [0.2, 0.25) is 0 Å². The van der Waals surface area contributed by atoms with E-state index >= 15 is 0 Å². The third kappa shape index (κ3) is 2.90. The molecule has 0 spiro atoms. The molecule has 18 heavy (non-hydrogen) atoms. The molecule has 0 saturated heterocycles. The van der Waals surface area contributed by atoms with Gasteiger partial charge >= 0.3 is 0 Å². The Morgan fingerprint density at radius 2 is 2.22 bits per heavy atom. The average Bonchev–Trinajstić information content (AvgIpc) is 2.77. The Morgan fingerprint density at radius 1 is 1.39 bits per heavy atom. The van der Waals surface area contributed by atoms with Crippen LogP contribution in [0.4, 0.5) is 0 Å². The Hall–Kier alpha value is -1.81. The molecule has 2 aromatic heterocycles. The van der Waals surface area contributed by atoms with Crippen molar-refractivity contribution in [3.8, 4) is 17.9 Å². The summed E-state index contributed by atoms with van der Waals surface area (Å²) in [6.07, 6.45) is 2.54. The van der Waals surface area contributed by atoms with E-state index in [1.54, 1.807) is 29.7 Å². The van der Waals surface area contributed by atoms with Crippen molar-refractivity contribution in [1.29, 1.82) is 5.26 Å². The monoisotopic (exact) mass is 272 g/mol. The number of nitriles is 1. The van der Waals surface area contributed by atoms with Crippen LogP contribution in [-0.2, 0) is 6.42 Å². The molecule has 0 aliphatic rings. The Labute approximate surface area is 115 Å². The van der Waals surface area contributed by atoms with Crippen molar-refractivity contribution in [1.82, 2.24) is 4.98 Å². The van der Waals surface area contributed by atoms with Gasteiger partial charge in [0.15, 0.2) is 0 Å². The lowest BCUT2D eigenvalue weighted by molar-refractivity contribution is 1.19. The summed E-state index contributed by atoms with van der Waals surface area (Å²) in [7, 11) is 0. The van der Waals surface area contributed by atoms with Crippen LogP contribution in [-0.4, -0.2) is 4.98 Å². The molecule has 2 nitrogen and oxygen atoms in total. The van der Waals surface area contributed by atoms with Crippen LogP contribution in [0.2, 0.25) is 4.34 Å². The van der Waals surface area contributed by atoms with Gasteiger partial charge in [0, 0.05) is 16.6 Å². The van der Waals surface area contributed by atoms with Gasteiger partial charge in [0.05, 0.1) is 5.56 Å². The number of rotatable bonds is 1. The van der Waals surface area contributed by atoms with Crippen molar-refractivity contribution < 1.29 is 0 Å². The zero-order chi connectivity index (χ0) is 13.0. The zero-order valence-electron chi connectivity index (χ0n) is 9.70. The molecule has 0 aliphatic heterocycles. The van der Waals surface area contributed by atoms with Gasteiger partial charge in [0.25, 0.3) is 0 Å². The third-order valence-corrected chi connectivity index (χ3v) is 3.81. The minimum Gasteiger partial charge on any atom is -0.245 e. The number of nitrogens with zero attached hydrogens (tertiary/aromatic N) is 2. The van der Waals surface area contributed by atoms with Crippen LogP contribution in [0, 0.1) is 23.2 Å². The van der Waals surface area contributed by atoms with E-state index in [1.165, 1.54) is 4.88 Å². The fourth-order valence-electron chi connectivity index (χ4n) is 1.39. The van der Waals surface area contributed by atoms with Gasteiger partial charge in [0.1, 0.15) is 16.1 Å². The minimum atomic E-state index is 0.368. The lowest BCUT2D eigenvalue weighted by Crippen LogP contribution is -1.83. The third-order valence-electron chi connectivity index (χ3n) is 2.30. The SMILES string of the molecule is CCc1cc(C#Cc2ccnc(C#N)c2)c(Cl)s1. The summed E-state index contributed by atoms with van der Waals surface area (Å²) in [5.41, 5.74) is 1.98. The van der Waals surface area contributed by atoms with E-state index in [9.17, 15) is 0 Å². The van der Waals surface area contributed by atoms with Crippen LogP contribution >= 0.6 is 22.9 Å². The first kappa shape index (κ1) is 12.6. The molecule has 0 atom stereocenters. The molecular formula is C14H9ClN2S. The summed E-state index contributed by atoms with van der Waals surface area (Å²) in [6, 6.07) is 7.43. The van der Waals surface area contributed by atoms with Crippen molar-refractivity contribution in [3.05, 3.63) is 50.4 Å². The van der Waals surface area contributed by atoms with E-state index in [0.29, 0.717) is 10.0 Å². The van der Waals surface area contributed by atoms with E-state index < -0.39 is 0 Å². The fraction of sp³-hybridized carbons (Fsp3) is 0.143. The van der Waals surface area contributed by atoms with Gasteiger partial charge in [-0.25, -0.2) is 4.98 Å². The van der Waals surface area contributed by atoms with Gasteiger partial charge in [-0.15, -0.1) is 11.3 Å². The van der Waals surface area contributed by atoms with Crippen molar-refractivity contribution in [2.75, 3.05) is 0 Å². The van der Waals surface area contributed by atoms with E-state index in [1.807, 2.05) is 12.1 Å². The summed E-state index contributed by atoms with van der Waals surface area (Å²) < 4.78 is 0.717. The number of aryl methyl sites for hydroxylation is 1. The summed E-state index contributed by atoms with van der Waals surface area (Å²) in [5, 5.41) is 8.75. The van der Waals surface area contributed by atoms with Crippen molar-refractivity contribution in [3.63, 3.8) is 0 Å². The highest BCUT2D eigenvalue weighted by atomic mass is 35.5.